The van der Waals surface area contributed by atoms with Gasteiger partial charge in [-0.2, -0.15) is 0 Å². The molecule has 1 aliphatic rings. The number of ether oxygens (including phenoxy) is 1. The van der Waals surface area contributed by atoms with Crippen molar-refractivity contribution < 1.29 is 23.9 Å². The molecule has 25 heavy (non-hydrogen) atoms. The summed E-state index contributed by atoms with van der Waals surface area (Å²) in [6.45, 7) is 1.11. The lowest BCUT2D eigenvalue weighted by Crippen LogP contribution is -2.31. The van der Waals surface area contributed by atoms with Crippen LogP contribution in [0.1, 0.15) is 43.0 Å². The Balaban J connectivity index is 1.98. The zero-order valence-electron chi connectivity index (χ0n) is 14.6. The van der Waals surface area contributed by atoms with E-state index in [1.807, 2.05) is 0 Å². The molecule has 0 saturated heterocycles. The molecule has 0 aromatic heterocycles. The number of benzene rings is 1. The third kappa shape index (κ3) is 5.06. The molecule has 0 bridgehead atoms. The second-order valence-corrected chi connectivity index (χ2v) is 6.32. The van der Waals surface area contributed by atoms with Crippen molar-refractivity contribution in [1.29, 1.82) is 0 Å². The Kier molecular flexibility index (Phi) is 6.58. The Morgan fingerprint density at radius 1 is 1.12 bits per heavy atom. The minimum Gasteiger partial charge on any atom is -0.364 e. The quantitative estimate of drug-likeness (QED) is 0.559. The van der Waals surface area contributed by atoms with Crippen LogP contribution in [-0.4, -0.2) is 43.5 Å². The second kappa shape index (κ2) is 8.67. The summed E-state index contributed by atoms with van der Waals surface area (Å²) >= 11 is 0. The van der Waals surface area contributed by atoms with Gasteiger partial charge in [0.2, 0.25) is 0 Å². The van der Waals surface area contributed by atoms with Crippen LogP contribution in [0.3, 0.4) is 0 Å². The van der Waals surface area contributed by atoms with Crippen LogP contribution in [0.2, 0.25) is 0 Å². The van der Waals surface area contributed by atoms with Crippen molar-refractivity contribution in [2.24, 2.45) is 5.92 Å². The summed E-state index contributed by atoms with van der Waals surface area (Å²) in [5.74, 6) is -1.08. The molecule has 1 fully saturated rings. The molecule has 0 heterocycles. The summed E-state index contributed by atoms with van der Waals surface area (Å²) in [5.41, 5.74) is 1.10. The molecule has 1 unspecified atom stereocenters. The number of rotatable bonds is 7. The lowest BCUT2D eigenvalue weighted by Gasteiger charge is -2.20. The highest BCUT2D eigenvalue weighted by atomic mass is 16.5. The Bertz CT molecular complexity index is 665. The van der Waals surface area contributed by atoms with Crippen molar-refractivity contribution in [2.75, 3.05) is 25.2 Å². The van der Waals surface area contributed by atoms with Gasteiger partial charge in [0.15, 0.2) is 11.6 Å². The standard InChI is InChI=1S/C19H23NO5/c1-13(21)11-25-12-18(23)20(2)15-9-7-14(8-10-15)19(24)16-5-3-4-6-17(16)22/h7-10,16H,3-6,11-12H2,1-2H3. The molecule has 2 rings (SSSR count). The number of amides is 1. The zero-order chi connectivity index (χ0) is 18.4. The van der Waals surface area contributed by atoms with E-state index in [1.54, 1.807) is 31.3 Å². The summed E-state index contributed by atoms with van der Waals surface area (Å²) in [5, 5.41) is 0. The van der Waals surface area contributed by atoms with E-state index in [0.29, 0.717) is 24.1 Å². The maximum absolute atomic E-state index is 12.5. The molecule has 134 valence electrons. The van der Waals surface area contributed by atoms with Gasteiger partial charge >= 0.3 is 0 Å². The third-order valence-corrected chi connectivity index (χ3v) is 4.32. The van der Waals surface area contributed by atoms with Crippen LogP contribution in [0.4, 0.5) is 5.69 Å². The fraction of sp³-hybridized carbons (Fsp3) is 0.474. The van der Waals surface area contributed by atoms with E-state index >= 15 is 0 Å². The van der Waals surface area contributed by atoms with Crippen molar-refractivity contribution in [3.8, 4) is 0 Å². The smallest absolute Gasteiger partial charge is 0.252 e. The van der Waals surface area contributed by atoms with Crippen LogP contribution in [-0.2, 0) is 19.1 Å². The highest BCUT2D eigenvalue weighted by molar-refractivity contribution is 6.11. The van der Waals surface area contributed by atoms with Gasteiger partial charge in [0, 0.05) is 24.7 Å². The van der Waals surface area contributed by atoms with Crippen LogP contribution in [0.5, 0.6) is 0 Å². The van der Waals surface area contributed by atoms with Gasteiger partial charge in [0.05, 0.1) is 5.92 Å². The lowest BCUT2D eigenvalue weighted by atomic mass is 9.83. The third-order valence-electron chi connectivity index (χ3n) is 4.32. The number of carbonyl (C=O) groups is 4. The summed E-state index contributed by atoms with van der Waals surface area (Å²) in [4.78, 5) is 48.6. The maximum Gasteiger partial charge on any atom is 0.252 e. The van der Waals surface area contributed by atoms with E-state index in [2.05, 4.69) is 0 Å². The number of nitrogens with zero attached hydrogens (tertiary/aromatic N) is 1. The molecule has 6 heteroatoms. The number of anilines is 1. The van der Waals surface area contributed by atoms with Gasteiger partial charge in [0.25, 0.3) is 5.91 Å². The van der Waals surface area contributed by atoms with Crippen molar-refractivity contribution in [1.82, 2.24) is 0 Å². The first kappa shape index (κ1) is 19.0. The molecule has 1 aromatic carbocycles. The van der Waals surface area contributed by atoms with Gasteiger partial charge in [-0.1, -0.05) is 6.42 Å². The van der Waals surface area contributed by atoms with Crippen LogP contribution in [0.25, 0.3) is 0 Å². The number of likely N-dealkylation sites (N-methyl/N-ethyl adjacent to an activating group) is 1. The molecule has 0 N–H and O–H groups in total. The Morgan fingerprint density at radius 2 is 1.80 bits per heavy atom. The van der Waals surface area contributed by atoms with E-state index in [9.17, 15) is 19.2 Å². The average molecular weight is 345 g/mol. The lowest BCUT2D eigenvalue weighted by molar-refractivity contribution is -0.127. The molecule has 0 spiro atoms. The fourth-order valence-electron chi connectivity index (χ4n) is 2.83. The highest BCUT2D eigenvalue weighted by Gasteiger charge is 2.29. The highest BCUT2D eigenvalue weighted by Crippen LogP contribution is 2.25. The number of hydrogen-bond acceptors (Lipinski definition) is 5. The Morgan fingerprint density at radius 3 is 2.40 bits per heavy atom. The monoisotopic (exact) mass is 345 g/mol. The van der Waals surface area contributed by atoms with Crippen LogP contribution >= 0.6 is 0 Å². The van der Waals surface area contributed by atoms with Crippen LogP contribution in [0.15, 0.2) is 24.3 Å². The van der Waals surface area contributed by atoms with E-state index in [1.165, 1.54) is 11.8 Å². The summed E-state index contributed by atoms with van der Waals surface area (Å²) in [6, 6.07) is 6.62. The van der Waals surface area contributed by atoms with E-state index in [4.69, 9.17) is 4.74 Å². The summed E-state index contributed by atoms with van der Waals surface area (Å²) < 4.78 is 5.02. The summed E-state index contributed by atoms with van der Waals surface area (Å²) in [7, 11) is 1.60. The molecule has 0 aliphatic heterocycles. The first-order chi connectivity index (χ1) is 11.9. The minimum atomic E-state index is -0.529. The molecule has 1 saturated carbocycles. The second-order valence-electron chi connectivity index (χ2n) is 6.32. The van der Waals surface area contributed by atoms with Crippen LogP contribution < -0.4 is 4.90 Å². The number of hydrogen-bond donors (Lipinski definition) is 0. The number of carbonyl (C=O) groups excluding carboxylic acids is 4. The average Bonchev–Trinajstić information content (AvgIpc) is 2.60. The van der Waals surface area contributed by atoms with E-state index in [-0.39, 0.29) is 36.5 Å². The predicted molar refractivity (Wildman–Crippen MR) is 92.6 cm³/mol. The van der Waals surface area contributed by atoms with Crippen molar-refractivity contribution >= 4 is 28.9 Å². The van der Waals surface area contributed by atoms with Gasteiger partial charge < -0.3 is 9.64 Å². The first-order valence-corrected chi connectivity index (χ1v) is 8.41. The number of Topliss-reactive ketones (excluding diaryl/α,β-unsaturated/α-hetero) is 3. The zero-order valence-corrected chi connectivity index (χ0v) is 14.6. The largest absolute Gasteiger partial charge is 0.364 e. The van der Waals surface area contributed by atoms with Crippen molar-refractivity contribution in [3.63, 3.8) is 0 Å². The SMILES string of the molecule is CC(=O)COCC(=O)N(C)c1ccc(C(=O)C2CCCCC2=O)cc1. The molecule has 1 atom stereocenters. The van der Waals surface area contributed by atoms with Gasteiger partial charge in [0.1, 0.15) is 19.0 Å². The van der Waals surface area contributed by atoms with Crippen molar-refractivity contribution in [2.45, 2.75) is 32.6 Å². The fourth-order valence-corrected chi connectivity index (χ4v) is 2.83. The van der Waals surface area contributed by atoms with E-state index in [0.717, 1.165) is 12.8 Å². The molecule has 0 radical (unpaired) electrons. The predicted octanol–water partition coefficient (Wildman–Crippen LogP) is 2.20. The molecular formula is C19H23NO5. The van der Waals surface area contributed by atoms with Gasteiger partial charge in [-0.25, -0.2) is 0 Å². The molecule has 1 aliphatic carbocycles. The minimum absolute atomic E-state index is 0.0234. The van der Waals surface area contributed by atoms with Gasteiger partial charge in [-0.05, 0) is 44.0 Å². The first-order valence-electron chi connectivity index (χ1n) is 8.41. The van der Waals surface area contributed by atoms with Gasteiger partial charge in [-0.15, -0.1) is 0 Å². The molecule has 1 aromatic rings. The maximum atomic E-state index is 12.5. The normalized spacial score (nSPS) is 17.2. The molecule has 1 amide bonds. The Hall–Kier alpha value is -2.34. The molecule has 6 nitrogen and oxygen atoms in total. The van der Waals surface area contributed by atoms with Crippen LogP contribution in [0, 0.1) is 5.92 Å². The van der Waals surface area contributed by atoms with Crippen molar-refractivity contribution in [3.05, 3.63) is 29.8 Å². The Labute approximate surface area is 147 Å². The van der Waals surface area contributed by atoms with Gasteiger partial charge in [-0.3, -0.25) is 19.2 Å². The number of ketones is 3. The topological polar surface area (TPSA) is 80.8 Å². The van der Waals surface area contributed by atoms with E-state index < -0.39 is 5.92 Å². The molecular weight excluding hydrogens is 322 g/mol. The summed E-state index contributed by atoms with van der Waals surface area (Å²) in [6.07, 6.45) is 2.86.